The van der Waals surface area contributed by atoms with Gasteiger partial charge in [0.15, 0.2) is 0 Å². The number of benzene rings is 2. The van der Waals surface area contributed by atoms with Crippen molar-refractivity contribution >= 4 is 74.0 Å². The Morgan fingerprint density at radius 1 is 0.549 bits per heavy atom. The minimum atomic E-state index is -4.67. The first-order valence-electron chi connectivity index (χ1n) is 13.9. The molecule has 2 aromatic rings. The van der Waals surface area contributed by atoms with Gasteiger partial charge < -0.3 is 21.3 Å². The number of nitrogens with zero attached hydrogens (tertiary/aromatic N) is 2. The van der Waals surface area contributed by atoms with Crippen molar-refractivity contribution in [3.8, 4) is 0 Å². The van der Waals surface area contributed by atoms with Crippen LogP contribution < -0.4 is 30.7 Å². The number of sulfonamides is 2. The van der Waals surface area contributed by atoms with Gasteiger partial charge in [-0.15, -0.1) is 0 Å². The lowest BCUT2D eigenvalue weighted by Gasteiger charge is -2.23. The first-order chi connectivity index (χ1) is 22.7. The molecule has 12 N–H and O–H groups in total. The van der Waals surface area contributed by atoms with E-state index in [4.69, 9.17) is 64.0 Å². The number of hydrogen-bond donors (Lipinski definition) is 10. The Labute approximate surface area is 300 Å². The van der Waals surface area contributed by atoms with Crippen molar-refractivity contribution in [1.82, 2.24) is 9.44 Å². The van der Waals surface area contributed by atoms with Gasteiger partial charge in [0, 0.05) is 62.0 Å². The van der Waals surface area contributed by atoms with Gasteiger partial charge in [0.25, 0.3) is 0 Å². The van der Waals surface area contributed by atoms with Gasteiger partial charge in [-0.1, -0.05) is 0 Å². The molecule has 0 unspecified atom stereocenters. The number of aryl methyl sites for hydroxylation is 2. The maximum Gasteiger partial charge on any atom is 0.394 e. The minimum Gasteiger partial charge on any atom is -0.399 e. The van der Waals surface area contributed by atoms with E-state index in [1.807, 2.05) is 64.1 Å². The van der Waals surface area contributed by atoms with Crippen LogP contribution in [0.25, 0.3) is 0 Å². The van der Waals surface area contributed by atoms with Gasteiger partial charge in [-0.05, 0) is 75.2 Å². The second-order valence-corrected chi connectivity index (χ2v) is 16.3. The molecule has 0 aliphatic rings. The monoisotopic (exact) mass is 836 g/mol. The van der Waals surface area contributed by atoms with Crippen LogP contribution in [-0.4, -0.2) is 121 Å². The van der Waals surface area contributed by atoms with Gasteiger partial charge in [0.05, 0.1) is 12.5 Å². The highest BCUT2D eigenvalue weighted by Crippen LogP contribution is 2.21. The fourth-order valence-electron chi connectivity index (χ4n) is 3.38. The normalized spacial score (nSPS) is 11.5. The molecule has 300 valence electrons. The molecule has 0 radical (unpaired) electrons. The molecule has 2 aromatic carbocycles. The summed E-state index contributed by atoms with van der Waals surface area (Å²) >= 11 is 0. The van der Waals surface area contributed by atoms with Crippen molar-refractivity contribution in [3.63, 3.8) is 0 Å². The van der Waals surface area contributed by atoms with Gasteiger partial charge in [-0.25, -0.2) is 26.3 Å². The predicted octanol–water partition coefficient (Wildman–Crippen LogP) is -0.0530. The molecule has 0 heterocycles. The maximum absolute atomic E-state index is 11.0. The summed E-state index contributed by atoms with van der Waals surface area (Å²) in [7, 11) is -20.2. The fourth-order valence-corrected chi connectivity index (χ4v) is 4.31. The number of nitrogens with one attached hydrogen (secondary N) is 2. The highest BCUT2D eigenvalue weighted by Gasteiger charge is 2.08. The zero-order chi connectivity index (χ0) is 41.0. The maximum atomic E-state index is 11.0. The summed E-state index contributed by atoms with van der Waals surface area (Å²) in [4.78, 5) is 4.20. The zero-order valence-corrected chi connectivity index (χ0v) is 32.6. The SMILES string of the molecule is CCN(CCNS(C)(=O)=O)c1ccc(N)c(C)c1.CCN(CCNS(C)(=O)=O)c1ccc(N)c(C)c1.O=S(=O)(O)O.O=S(=O)(O)O.O=S(=O)(O)O. The van der Waals surface area contributed by atoms with E-state index in [2.05, 4.69) is 19.2 Å². The number of anilines is 4. The van der Waals surface area contributed by atoms with Gasteiger partial charge in [0.2, 0.25) is 20.0 Å². The summed E-state index contributed by atoms with van der Waals surface area (Å²) in [5.41, 5.74) is 17.3. The van der Waals surface area contributed by atoms with E-state index in [9.17, 15) is 16.8 Å². The van der Waals surface area contributed by atoms with Gasteiger partial charge in [-0.3, -0.25) is 27.3 Å². The lowest BCUT2D eigenvalue weighted by molar-refractivity contribution is 0.378. The second-order valence-electron chi connectivity index (χ2n) is 9.92. The van der Waals surface area contributed by atoms with E-state index in [1.165, 1.54) is 0 Å². The standard InChI is InChI=1S/2C12H21N3O2S.3H2O4S/c2*1-4-15(8-7-14-18(3,16)17)11-5-6-12(13)10(2)9-11;3*1-5(2,3)4/h2*5-6,9,14H,4,7-8,13H2,1-3H3;3*(H2,1,2,3,4). The molecule has 0 amide bonds. The summed E-state index contributed by atoms with van der Waals surface area (Å²) in [5, 5.41) is 0. The molecular formula is C24H48N6O16S5. The summed E-state index contributed by atoms with van der Waals surface area (Å²) < 4.78 is 144. The molecule has 2 rings (SSSR count). The number of rotatable bonds is 12. The highest BCUT2D eigenvalue weighted by atomic mass is 32.3. The first-order valence-corrected chi connectivity index (χ1v) is 21.8. The van der Waals surface area contributed by atoms with Crippen LogP contribution in [0.4, 0.5) is 22.7 Å². The highest BCUT2D eigenvalue weighted by molar-refractivity contribution is 7.89. The van der Waals surface area contributed by atoms with Gasteiger partial charge in [-0.2, -0.15) is 25.3 Å². The molecular weight excluding hydrogens is 789 g/mol. The molecule has 0 spiro atoms. The molecule has 51 heavy (non-hydrogen) atoms. The van der Waals surface area contributed by atoms with Crippen LogP contribution in [0.3, 0.4) is 0 Å². The van der Waals surface area contributed by atoms with Gasteiger partial charge in [0.1, 0.15) is 0 Å². The molecule has 0 aliphatic carbocycles. The molecule has 0 saturated carbocycles. The topological polar surface area (TPSA) is 375 Å². The third-order valence-corrected chi connectivity index (χ3v) is 6.95. The van der Waals surface area contributed by atoms with Gasteiger partial charge >= 0.3 is 31.2 Å². The van der Waals surface area contributed by atoms with Crippen LogP contribution in [-0.2, 0) is 51.2 Å². The summed E-state index contributed by atoms with van der Waals surface area (Å²) in [6, 6.07) is 11.7. The zero-order valence-electron chi connectivity index (χ0n) is 28.6. The van der Waals surface area contributed by atoms with Crippen molar-refractivity contribution in [2.75, 3.05) is 73.0 Å². The van der Waals surface area contributed by atoms with Crippen LogP contribution >= 0.6 is 0 Å². The third kappa shape index (κ3) is 39.7. The lowest BCUT2D eigenvalue weighted by atomic mass is 10.1. The number of nitrogen functional groups attached to an aromatic ring is 2. The molecule has 27 heteroatoms. The first kappa shape index (κ1) is 52.4. The van der Waals surface area contributed by atoms with E-state index in [0.29, 0.717) is 26.2 Å². The van der Waals surface area contributed by atoms with E-state index in [1.54, 1.807) is 0 Å². The average molecular weight is 837 g/mol. The van der Waals surface area contributed by atoms with Crippen LogP contribution in [0.5, 0.6) is 0 Å². The van der Waals surface area contributed by atoms with E-state index >= 15 is 0 Å². The van der Waals surface area contributed by atoms with Crippen LogP contribution in [0.15, 0.2) is 36.4 Å². The smallest absolute Gasteiger partial charge is 0.394 e. The molecule has 0 saturated heterocycles. The molecule has 0 aliphatic heterocycles. The Bertz CT molecular complexity index is 1700. The molecule has 22 nitrogen and oxygen atoms in total. The second kappa shape index (κ2) is 23.6. The van der Waals surface area contributed by atoms with Crippen molar-refractivity contribution in [3.05, 3.63) is 47.5 Å². The van der Waals surface area contributed by atoms with E-state index < -0.39 is 51.2 Å². The molecule has 0 atom stereocenters. The van der Waals surface area contributed by atoms with E-state index in [0.717, 1.165) is 59.5 Å². The fraction of sp³-hybridized carbons (Fsp3) is 0.500. The van der Waals surface area contributed by atoms with Crippen molar-refractivity contribution in [2.45, 2.75) is 27.7 Å². The predicted molar refractivity (Wildman–Crippen MR) is 195 cm³/mol. The van der Waals surface area contributed by atoms with Crippen molar-refractivity contribution in [2.24, 2.45) is 0 Å². The average Bonchev–Trinajstić information content (AvgIpc) is 2.89. The quantitative estimate of drug-likeness (QED) is 0.0989. The summed E-state index contributed by atoms with van der Waals surface area (Å²) in [6.45, 7) is 11.7. The largest absolute Gasteiger partial charge is 0.399 e. The molecule has 0 aromatic heterocycles. The van der Waals surface area contributed by atoms with E-state index in [-0.39, 0.29) is 0 Å². The molecule has 0 bridgehead atoms. The Hall–Kier alpha value is -2.93. The minimum absolute atomic E-state index is 0.399. The summed E-state index contributed by atoms with van der Waals surface area (Å²) in [5.74, 6) is 0. The Balaban J connectivity index is -0.000000649. The Morgan fingerprint density at radius 3 is 0.961 bits per heavy atom. The van der Waals surface area contributed by atoms with Crippen LogP contribution in [0, 0.1) is 13.8 Å². The summed E-state index contributed by atoms with van der Waals surface area (Å²) in [6.07, 6.45) is 2.33. The number of nitrogens with two attached hydrogens (primary N) is 2. The Morgan fingerprint density at radius 2 is 0.784 bits per heavy atom. The number of hydrogen-bond acceptors (Lipinski definition) is 14. The number of likely N-dealkylation sites (N-methyl/N-ethyl adjacent to an activating group) is 2. The lowest BCUT2D eigenvalue weighted by Crippen LogP contribution is -2.34. The third-order valence-electron chi connectivity index (χ3n) is 5.49. The van der Waals surface area contributed by atoms with Crippen LogP contribution in [0.1, 0.15) is 25.0 Å². The van der Waals surface area contributed by atoms with Crippen LogP contribution in [0.2, 0.25) is 0 Å². The molecule has 0 fully saturated rings. The van der Waals surface area contributed by atoms with Crippen molar-refractivity contribution in [1.29, 1.82) is 0 Å². The Kier molecular flexibility index (Phi) is 24.3. The van der Waals surface area contributed by atoms with Crippen molar-refractivity contribution < 1.29 is 69.4 Å².